The lowest BCUT2D eigenvalue weighted by atomic mass is 9.94. The first-order valence-corrected chi connectivity index (χ1v) is 4.79. The van der Waals surface area contributed by atoms with Crippen LogP contribution in [-0.4, -0.2) is 23.0 Å². The van der Waals surface area contributed by atoms with Crippen LogP contribution >= 0.6 is 0 Å². The van der Waals surface area contributed by atoms with E-state index < -0.39 is 30.3 Å². The maximum absolute atomic E-state index is 13.4. The molecule has 0 aromatic carbocycles. The molecule has 0 spiro atoms. The van der Waals surface area contributed by atoms with E-state index in [0.29, 0.717) is 12.8 Å². The zero-order chi connectivity index (χ0) is 10.8. The summed E-state index contributed by atoms with van der Waals surface area (Å²) in [6.07, 6.45) is 1.84. The molecule has 1 fully saturated rings. The van der Waals surface area contributed by atoms with Gasteiger partial charge in [-0.3, -0.25) is 4.79 Å². The van der Waals surface area contributed by atoms with E-state index in [2.05, 4.69) is 0 Å². The van der Waals surface area contributed by atoms with E-state index in [1.54, 1.807) is 0 Å². The maximum atomic E-state index is 13.4. The number of carboxylic acids is 1. The van der Waals surface area contributed by atoms with Gasteiger partial charge in [0.25, 0.3) is 5.92 Å². The van der Waals surface area contributed by atoms with Crippen molar-refractivity contribution in [1.29, 1.82) is 0 Å². The SMILES string of the molecule is NC(CC(F)(F)C1CCCC1)C(=O)O. The van der Waals surface area contributed by atoms with Crippen molar-refractivity contribution in [1.82, 2.24) is 0 Å². The average Bonchev–Trinajstić information content (AvgIpc) is 2.54. The predicted octanol–water partition coefficient (Wildman–Crippen LogP) is 1.61. The smallest absolute Gasteiger partial charge is 0.320 e. The Morgan fingerprint density at radius 1 is 1.50 bits per heavy atom. The molecule has 0 aromatic rings. The summed E-state index contributed by atoms with van der Waals surface area (Å²) in [5.41, 5.74) is 5.09. The van der Waals surface area contributed by atoms with Crippen molar-refractivity contribution >= 4 is 5.97 Å². The van der Waals surface area contributed by atoms with Gasteiger partial charge in [0.1, 0.15) is 6.04 Å². The summed E-state index contributed by atoms with van der Waals surface area (Å²) in [5, 5.41) is 8.43. The van der Waals surface area contributed by atoms with E-state index in [1.807, 2.05) is 0 Å². The summed E-state index contributed by atoms with van der Waals surface area (Å²) in [4.78, 5) is 10.3. The lowest BCUT2D eigenvalue weighted by Crippen LogP contribution is -2.39. The third kappa shape index (κ3) is 2.64. The normalized spacial score (nSPS) is 21.1. The van der Waals surface area contributed by atoms with Crippen molar-refractivity contribution in [2.24, 2.45) is 11.7 Å². The third-order valence-electron chi connectivity index (χ3n) is 2.76. The molecular formula is C9H15F2NO2. The zero-order valence-electron chi connectivity index (χ0n) is 7.88. The third-order valence-corrected chi connectivity index (χ3v) is 2.76. The Hall–Kier alpha value is -0.710. The Kier molecular flexibility index (Phi) is 3.42. The van der Waals surface area contributed by atoms with E-state index in [0.717, 1.165) is 12.8 Å². The number of rotatable bonds is 4. The van der Waals surface area contributed by atoms with Gasteiger partial charge in [-0.25, -0.2) is 8.78 Å². The number of halogens is 2. The number of carbonyl (C=O) groups is 1. The van der Waals surface area contributed by atoms with Crippen molar-refractivity contribution in [3.8, 4) is 0 Å². The monoisotopic (exact) mass is 207 g/mol. The fraction of sp³-hybridized carbons (Fsp3) is 0.889. The minimum Gasteiger partial charge on any atom is -0.480 e. The molecule has 0 heterocycles. The Morgan fingerprint density at radius 2 is 2.00 bits per heavy atom. The molecule has 0 saturated heterocycles. The summed E-state index contributed by atoms with van der Waals surface area (Å²) >= 11 is 0. The molecule has 0 aromatic heterocycles. The maximum Gasteiger partial charge on any atom is 0.320 e. The average molecular weight is 207 g/mol. The highest BCUT2D eigenvalue weighted by Crippen LogP contribution is 2.40. The Labute approximate surface area is 81.3 Å². The zero-order valence-corrected chi connectivity index (χ0v) is 7.88. The molecule has 1 aliphatic carbocycles. The van der Waals surface area contributed by atoms with Crippen LogP contribution < -0.4 is 5.73 Å². The minimum absolute atomic E-state index is 0.485. The van der Waals surface area contributed by atoms with Crippen LogP contribution in [0.5, 0.6) is 0 Å². The minimum atomic E-state index is -2.92. The first kappa shape index (κ1) is 11.4. The topological polar surface area (TPSA) is 63.3 Å². The van der Waals surface area contributed by atoms with E-state index in [-0.39, 0.29) is 0 Å². The molecule has 5 heteroatoms. The summed E-state index contributed by atoms with van der Waals surface area (Å²) in [5.74, 6) is -4.95. The van der Waals surface area contributed by atoms with Gasteiger partial charge in [0, 0.05) is 12.3 Å². The van der Waals surface area contributed by atoms with Crippen LogP contribution in [0.25, 0.3) is 0 Å². The summed E-state index contributed by atoms with van der Waals surface area (Å²) in [6.45, 7) is 0. The molecule has 3 nitrogen and oxygen atoms in total. The lowest BCUT2D eigenvalue weighted by Gasteiger charge is -2.24. The number of aliphatic carboxylic acids is 1. The van der Waals surface area contributed by atoms with Gasteiger partial charge in [-0.1, -0.05) is 12.8 Å². The molecule has 3 N–H and O–H groups in total. The molecule has 1 atom stereocenters. The Balaban J connectivity index is 2.51. The van der Waals surface area contributed by atoms with Gasteiger partial charge in [0.05, 0.1) is 0 Å². The van der Waals surface area contributed by atoms with Gasteiger partial charge in [-0.05, 0) is 12.8 Å². The van der Waals surface area contributed by atoms with Gasteiger partial charge in [-0.2, -0.15) is 0 Å². The number of hydrogen-bond donors (Lipinski definition) is 2. The van der Waals surface area contributed by atoms with Gasteiger partial charge < -0.3 is 10.8 Å². The molecule has 0 bridgehead atoms. The van der Waals surface area contributed by atoms with Crippen LogP contribution in [0, 0.1) is 5.92 Å². The van der Waals surface area contributed by atoms with Gasteiger partial charge >= 0.3 is 5.97 Å². The Morgan fingerprint density at radius 3 is 2.43 bits per heavy atom. The second kappa shape index (κ2) is 4.21. The highest BCUT2D eigenvalue weighted by atomic mass is 19.3. The van der Waals surface area contributed by atoms with E-state index in [9.17, 15) is 13.6 Å². The van der Waals surface area contributed by atoms with Crippen molar-refractivity contribution < 1.29 is 18.7 Å². The highest BCUT2D eigenvalue weighted by molar-refractivity contribution is 5.73. The predicted molar refractivity (Wildman–Crippen MR) is 47.1 cm³/mol. The Bertz CT molecular complexity index is 215. The van der Waals surface area contributed by atoms with Crippen molar-refractivity contribution in [2.75, 3.05) is 0 Å². The fourth-order valence-corrected chi connectivity index (χ4v) is 1.90. The van der Waals surface area contributed by atoms with E-state index in [1.165, 1.54) is 0 Å². The molecule has 1 aliphatic rings. The van der Waals surface area contributed by atoms with Crippen molar-refractivity contribution in [3.05, 3.63) is 0 Å². The fourth-order valence-electron chi connectivity index (χ4n) is 1.90. The van der Waals surface area contributed by atoms with Crippen LogP contribution in [0.1, 0.15) is 32.1 Å². The van der Waals surface area contributed by atoms with Crippen LogP contribution in [0.4, 0.5) is 8.78 Å². The number of nitrogens with two attached hydrogens (primary N) is 1. The first-order chi connectivity index (χ1) is 6.43. The molecule has 0 radical (unpaired) electrons. The second-order valence-corrected chi connectivity index (χ2v) is 3.89. The largest absolute Gasteiger partial charge is 0.480 e. The van der Waals surface area contributed by atoms with E-state index >= 15 is 0 Å². The quantitative estimate of drug-likeness (QED) is 0.736. The van der Waals surface area contributed by atoms with Gasteiger partial charge in [0.15, 0.2) is 0 Å². The van der Waals surface area contributed by atoms with Crippen LogP contribution in [0.2, 0.25) is 0 Å². The molecule has 1 rings (SSSR count). The molecule has 1 unspecified atom stereocenters. The molecule has 0 amide bonds. The number of alkyl halides is 2. The lowest BCUT2D eigenvalue weighted by molar-refractivity contribution is -0.143. The molecule has 14 heavy (non-hydrogen) atoms. The standard InChI is InChI=1S/C9H15F2NO2/c10-9(11,5-7(12)8(13)14)6-3-1-2-4-6/h6-7H,1-5,12H2,(H,13,14). The van der Waals surface area contributed by atoms with E-state index in [4.69, 9.17) is 10.8 Å². The molecular weight excluding hydrogens is 192 g/mol. The molecule has 0 aliphatic heterocycles. The molecule has 82 valence electrons. The molecule has 1 saturated carbocycles. The summed E-state index contributed by atoms with van der Waals surface area (Å²) in [6, 6.07) is -1.45. The first-order valence-electron chi connectivity index (χ1n) is 4.79. The summed E-state index contributed by atoms with van der Waals surface area (Å²) in [7, 11) is 0. The number of hydrogen-bond acceptors (Lipinski definition) is 2. The summed E-state index contributed by atoms with van der Waals surface area (Å²) < 4.78 is 26.8. The highest BCUT2D eigenvalue weighted by Gasteiger charge is 2.43. The van der Waals surface area contributed by atoms with Crippen molar-refractivity contribution in [3.63, 3.8) is 0 Å². The van der Waals surface area contributed by atoms with Crippen LogP contribution in [0.15, 0.2) is 0 Å². The van der Waals surface area contributed by atoms with Crippen LogP contribution in [0.3, 0.4) is 0 Å². The van der Waals surface area contributed by atoms with Gasteiger partial charge in [0.2, 0.25) is 0 Å². The van der Waals surface area contributed by atoms with Gasteiger partial charge in [-0.15, -0.1) is 0 Å². The van der Waals surface area contributed by atoms with Crippen molar-refractivity contribution in [2.45, 2.75) is 44.1 Å². The van der Waals surface area contributed by atoms with Crippen LogP contribution in [-0.2, 0) is 4.79 Å². The second-order valence-electron chi connectivity index (χ2n) is 3.89. The number of carboxylic acid groups (broad SMARTS) is 1.